The van der Waals surface area contributed by atoms with Crippen molar-refractivity contribution in [1.82, 2.24) is 25.4 Å². The zero-order valence-electron chi connectivity index (χ0n) is 19.7. The minimum absolute atomic E-state index is 0.0266. The number of pyridine rings is 1. The molecule has 1 aromatic carbocycles. The average Bonchev–Trinajstić information content (AvgIpc) is 3.25. The van der Waals surface area contributed by atoms with Gasteiger partial charge in [-0.2, -0.15) is 0 Å². The number of carbonyl (C=O) groups excluding carboxylic acids is 4. The number of hydrogen-bond acceptors (Lipinski definition) is 6. The number of benzene rings is 1. The first-order chi connectivity index (χ1) is 17.2. The predicted octanol–water partition coefficient (Wildman–Crippen LogP) is 0.983. The summed E-state index contributed by atoms with van der Waals surface area (Å²) in [4.78, 5) is 56.7. The number of nitrogens with one attached hydrogen (secondary N) is 3. The van der Waals surface area contributed by atoms with E-state index in [1.165, 1.54) is 12.3 Å². The van der Waals surface area contributed by atoms with Gasteiger partial charge in [-0.05, 0) is 24.3 Å². The molecule has 2 saturated heterocycles. The van der Waals surface area contributed by atoms with Gasteiger partial charge in [0.1, 0.15) is 0 Å². The Morgan fingerprint density at radius 2 is 1.78 bits per heavy atom. The fourth-order valence-electron chi connectivity index (χ4n) is 4.25. The molecule has 36 heavy (non-hydrogen) atoms. The van der Waals surface area contributed by atoms with Gasteiger partial charge in [-0.15, -0.1) is 0 Å². The Hall–Kier alpha value is -3.67. The molecule has 0 bridgehead atoms. The maximum Gasteiger partial charge on any atom is 0.267 e. The lowest BCUT2D eigenvalue weighted by molar-refractivity contribution is -0.133. The second-order valence-corrected chi connectivity index (χ2v) is 8.87. The number of fused-ring (bicyclic) bond motifs is 1. The van der Waals surface area contributed by atoms with Crippen molar-refractivity contribution < 1.29 is 28.0 Å². The number of rotatable bonds is 7. The van der Waals surface area contributed by atoms with Crippen LogP contribution in [0.2, 0.25) is 0 Å². The summed E-state index contributed by atoms with van der Waals surface area (Å²) in [6.07, 6.45) is 1.19. The van der Waals surface area contributed by atoms with E-state index in [2.05, 4.69) is 20.9 Å². The predicted molar refractivity (Wildman–Crippen MR) is 128 cm³/mol. The number of nitrogens with zero attached hydrogens (tertiary/aromatic N) is 3. The highest BCUT2D eigenvalue weighted by atomic mass is 19.3. The summed E-state index contributed by atoms with van der Waals surface area (Å²) < 4.78 is 26.7. The molecular weight excluding hydrogens is 474 g/mol. The first-order valence-electron chi connectivity index (χ1n) is 11.8. The van der Waals surface area contributed by atoms with Gasteiger partial charge in [-0.3, -0.25) is 24.2 Å². The molecule has 10 nitrogen and oxygen atoms in total. The number of carbonyl (C=O) groups is 4. The summed E-state index contributed by atoms with van der Waals surface area (Å²) in [5.74, 6) is -4.45. The van der Waals surface area contributed by atoms with Gasteiger partial charge in [0.05, 0.1) is 24.2 Å². The number of hydrogen-bond donors (Lipinski definition) is 3. The van der Waals surface area contributed by atoms with Crippen LogP contribution in [0.5, 0.6) is 0 Å². The summed E-state index contributed by atoms with van der Waals surface area (Å²) in [5, 5.41) is 8.84. The largest absolute Gasteiger partial charge is 0.343 e. The van der Waals surface area contributed by atoms with Gasteiger partial charge in [0.25, 0.3) is 11.8 Å². The first-order valence-corrected chi connectivity index (χ1v) is 11.8. The number of piperazine rings is 1. The molecule has 2 aliphatic heterocycles. The van der Waals surface area contributed by atoms with Crippen LogP contribution in [0.1, 0.15) is 29.6 Å². The Kier molecular flexibility index (Phi) is 7.73. The molecule has 0 unspecified atom stereocenters. The third-order valence-electron chi connectivity index (χ3n) is 6.23. The van der Waals surface area contributed by atoms with Crippen LogP contribution >= 0.6 is 0 Å². The number of likely N-dealkylation sites (tertiary alicyclic amines) is 1. The van der Waals surface area contributed by atoms with Gasteiger partial charge in [-0.1, -0.05) is 0 Å². The van der Waals surface area contributed by atoms with Crippen LogP contribution in [0.3, 0.4) is 0 Å². The summed E-state index contributed by atoms with van der Waals surface area (Å²) in [6.45, 7) is 1.62. The van der Waals surface area contributed by atoms with Crippen LogP contribution in [0, 0.1) is 0 Å². The lowest BCUT2D eigenvalue weighted by Crippen LogP contribution is -2.46. The first kappa shape index (κ1) is 25.4. The molecule has 0 radical (unpaired) electrons. The minimum atomic E-state index is -2.90. The van der Waals surface area contributed by atoms with Crippen LogP contribution in [-0.4, -0.2) is 90.1 Å². The molecule has 3 N–H and O–H groups in total. The SMILES string of the molecule is O=C(CCC(=O)N1CCNCC1)Nc1ccc2nccc(C(=O)NCC(=O)N3CCC(F)(F)C3)c2c1. The van der Waals surface area contributed by atoms with E-state index < -0.39 is 30.8 Å². The Labute approximate surface area is 206 Å². The van der Waals surface area contributed by atoms with E-state index in [0.717, 1.165) is 18.0 Å². The van der Waals surface area contributed by atoms with Crippen molar-refractivity contribution in [2.45, 2.75) is 25.2 Å². The van der Waals surface area contributed by atoms with E-state index in [4.69, 9.17) is 0 Å². The van der Waals surface area contributed by atoms with Gasteiger partial charge in [0, 0.05) is 69.3 Å². The van der Waals surface area contributed by atoms with E-state index in [9.17, 15) is 28.0 Å². The van der Waals surface area contributed by atoms with Crippen LogP contribution in [-0.2, 0) is 14.4 Å². The lowest BCUT2D eigenvalue weighted by atomic mass is 10.1. The highest BCUT2D eigenvalue weighted by Crippen LogP contribution is 2.26. The number of anilines is 1. The fraction of sp³-hybridized carbons (Fsp3) is 0.458. The molecular formula is C24H28F2N6O4. The molecule has 4 rings (SSSR count). The number of alkyl halides is 2. The third kappa shape index (κ3) is 6.30. The zero-order chi connectivity index (χ0) is 25.7. The van der Waals surface area contributed by atoms with Gasteiger partial charge in [-0.25, -0.2) is 8.78 Å². The topological polar surface area (TPSA) is 124 Å². The average molecular weight is 503 g/mol. The molecule has 3 heterocycles. The molecule has 0 saturated carbocycles. The molecule has 4 amide bonds. The van der Waals surface area contributed by atoms with Crippen molar-refractivity contribution in [1.29, 1.82) is 0 Å². The van der Waals surface area contributed by atoms with Gasteiger partial charge in [0.2, 0.25) is 17.7 Å². The van der Waals surface area contributed by atoms with E-state index in [-0.39, 0.29) is 43.2 Å². The van der Waals surface area contributed by atoms with Crippen LogP contribution < -0.4 is 16.0 Å². The second kappa shape index (κ2) is 10.9. The van der Waals surface area contributed by atoms with Crippen LogP contribution in [0.4, 0.5) is 14.5 Å². The third-order valence-corrected chi connectivity index (χ3v) is 6.23. The molecule has 1 aromatic heterocycles. The highest BCUT2D eigenvalue weighted by Gasteiger charge is 2.40. The maximum absolute atomic E-state index is 13.4. The molecule has 0 atom stereocenters. The number of halogens is 2. The van der Waals surface area contributed by atoms with Crippen molar-refractivity contribution >= 4 is 40.2 Å². The normalized spacial score (nSPS) is 17.2. The van der Waals surface area contributed by atoms with Crippen LogP contribution in [0.15, 0.2) is 30.5 Å². The second-order valence-electron chi connectivity index (χ2n) is 8.87. The fourth-order valence-corrected chi connectivity index (χ4v) is 4.25. The minimum Gasteiger partial charge on any atom is -0.343 e. The summed E-state index contributed by atoms with van der Waals surface area (Å²) in [7, 11) is 0. The van der Waals surface area contributed by atoms with Crippen molar-refractivity contribution in [2.24, 2.45) is 0 Å². The monoisotopic (exact) mass is 502 g/mol. The highest BCUT2D eigenvalue weighted by molar-refractivity contribution is 6.08. The van der Waals surface area contributed by atoms with E-state index >= 15 is 0 Å². The van der Waals surface area contributed by atoms with Gasteiger partial charge >= 0.3 is 0 Å². The molecule has 2 fully saturated rings. The summed E-state index contributed by atoms with van der Waals surface area (Å²) in [6, 6.07) is 6.36. The number of aromatic nitrogens is 1. The molecule has 0 aliphatic carbocycles. The summed E-state index contributed by atoms with van der Waals surface area (Å²) >= 11 is 0. The van der Waals surface area contributed by atoms with E-state index in [1.807, 2.05) is 0 Å². The Bertz CT molecular complexity index is 1170. The van der Waals surface area contributed by atoms with E-state index in [1.54, 1.807) is 23.1 Å². The number of amides is 4. The smallest absolute Gasteiger partial charge is 0.267 e. The van der Waals surface area contributed by atoms with E-state index in [0.29, 0.717) is 29.7 Å². The standard InChI is InChI=1S/C24H28F2N6O4/c25-24(26)6-10-32(15-24)22(35)14-29-23(36)17-5-7-28-19-2-1-16(13-18(17)19)30-20(33)3-4-21(34)31-11-8-27-9-12-31/h1-2,5,7,13,27H,3-4,6,8-12,14-15H2,(H,29,36)(H,30,33). The van der Waals surface area contributed by atoms with Crippen molar-refractivity contribution in [3.63, 3.8) is 0 Å². The summed E-state index contributed by atoms with van der Waals surface area (Å²) in [5.41, 5.74) is 1.16. The van der Waals surface area contributed by atoms with Crippen molar-refractivity contribution in [3.05, 3.63) is 36.0 Å². The Morgan fingerprint density at radius 3 is 2.50 bits per heavy atom. The van der Waals surface area contributed by atoms with Gasteiger partial charge < -0.3 is 25.8 Å². The van der Waals surface area contributed by atoms with Crippen LogP contribution in [0.25, 0.3) is 10.9 Å². The quantitative estimate of drug-likeness (QED) is 0.519. The Morgan fingerprint density at radius 1 is 1.00 bits per heavy atom. The maximum atomic E-state index is 13.4. The van der Waals surface area contributed by atoms with Crippen molar-refractivity contribution in [2.75, 3.05) is 51.1 Å². The molecule has 0 spiro atoms. The van der Waals surface area contributed by atoms with Crippen molar-refractivity contribution in [3.8, 4) is 0 Å². The molecule has 2 aliphatic rings. The Balaban J connectivity index is 1.36. The zero-order valence-corrected chi connectivity index (χ0v) is 19.7. The van der Waals surface area contributed by atoms with Gasteiger partial charge in [0.15, 0.2) is 0 Å². The lowest BCUT2D eigenvalue weighted by Gasteiger charge is -2.27. The molecule has 192 valence electrons. The molecule has 12 heteroatoms. The molecule has 2 aromatic rings.